The average molecular weight is 328 g/mol. The molecule has 0 saturated carbocycles. The predicted octanol–water partition coefficient (Wildman–Crippen LogP) is 4.71. The molecule has 0 atom stereocenters. The second-order valence-electron chi connectivity index (χ2n) is 5.04. The van der Waals surface area contributed by atoms with E-state index in [1.807, 2.05) is 0 Å². The Morgan fingerprint density at radius 1 is 1.20 bits per heavy atom. The third-order valence-corrected chi connectivity index (χ3v) is 4.02. The van der Waals surface area contributed by atoms with Gasteiger partial charge in [-0.15, -0.1) is 12.4 Å². The van der Waals surface area contributed by atoms with Crippen LogP contribution >= 0.6 is 24.0 Å². The van der Waals surface area contributed by atoms with Crippen molar-refractivity contribution in [1.29, 1.82) is 0 Å². The Bertz CT molecular complexity index is 429. The molecule has 0 spiro atoms. The second-order valence-corrected chi connectivity index (χ2v) is 5.44. The van der Waals surface area contributed by atoms with Crippen LogP contribution in [0.1, 0.15) is 30.4 Å². The Kier molecular flexibility index (Phi) is 6.62. The van der Waals surface area contributed by atoms with E-state index in [1.54, 1.807) is 0 Å². The summed E-state index contributed by atoms with van der Waals surface area (Å²) < 4.78 is 37.9. The van der Waals surface area contributed by atoms with Gasteiger partial charge in [0.15, 0.2) is 0 Å². The van der Waals surface area contributed by atoms with Crippen molar-refractivity contribution in [2.24, 2.45) is 5.92 Å². The van der Waals surface area contributed by atoms with Crippen molar-refractivity contribution >= 4 is 24.0 Å². The Morgan fingerprint density at radius 2 is 1.85 bits per heavy atom. The number of hydrogen-bond donors (Lipinski definition) is 1. The lowest BCUT2D eigenvalue weighted by Crippen LogP contribution is -2.27. The number of rotatable bonds is 3. The number of benzene rings is 1. The van der Waals surface area contributed by atoms with E-state index in [0.29, 0.717) is 22.9 Å². The average Bonchev–Trinajstić information content (AvgIpc) is 2.37. The van der Waals surface area contributed by atoms with Crippen molar-refractivity contribution in [3.63, 3.8) is 0 Å². The van der Waals surface area contributed by atoms with Crippen molar-refractivity contribution < 1.29 is 13.2 Å². The van der Waals surface area contributed by atoms with Crippen LogP contribution in [0.25, 0.3) is 0 Å². The Hall–Kier alpha value is -0.450. The van der Waals surface area contributed by atoms with Gasteiger partial charge in [-0.1, -0.05) is 11.6 Å². The lowest BCUT2D eigenvalue weighted by Gasteiger charge is -2.22. The summed E-state index contributed by atoms with van der Waals surface area (Å²) in [4.78, 5) is 0. The van der Waals surface area contributed by atoms with Gasteiger partial charge in [0.2, 0.25) is 0 Å². The predicted molar refractivity (Wildman–Crippen MR) is 77.6 cm³/mol. The molecular weight excluding hydrogens is 310 g/mol. The van der Waals surface area contributed by atoms with Gasteiger partial charge in [0.25, 0.3) is 0 Å². The zero-order valence-corrected chi connectivity index (χ0v) is 12.5. The van der Waals surface area contributed by atoms with E-state index in [4.69, 9.17) is 11.6 Å². The van der Waals surface area contributed by atoms with Crippen molar-refractivity contribution in [2.75, 3.05) is 13.1 Å². The number of alkyl halides is 3. The first-order chi connectivity index (χ1) is 8.97. The van der Waals surface area contributed by atoms with E-state index in [1.165, 1.54) is 12.1 Å². The fraction of sp³-hybridized carbons (Fsp3) is 0.571. The largest absolute Gasteiger partial charge is 0.416 e. The zero-order valence-electron chi connectivity index (χ0n) is 11.0. The Balaban J connectivity index is 0.00000200. The number of nitrogens with one attached hydrogen (secondary N) is 1. The summed E-state index contributed by atoms with van der Waals surface area (Å²) in [6, 6.07) is 3.57. The maximum Gasteiger partial charge on any atom is 0.416 e. The molecule has 1 fully saturated rings. The first kappa shape index (κ1) is 17.6. The van der Waals surface area contributed by atoms with Crippen molar-refractivity contribution in [1.82, 2.24) is 5.32 Å². The minimum atomic E-state index is -4.30. The molecule has 1 nitrogen and oxygen atoms in total. The number of piperidine rings is 1. The fourth-order valence-electron chi connectivity index (χ4n) is 2.47. The van der Waals surface area contributed by atoms with Crippen LogP contribution in [0.15, 0.2) is 18.2 Å². The van der Waals surface area contributed by atoms with Gasteiger partial charge in [-0.3, -0.25) is 0 Å². The molecule has 1 heterocycles. The van der Waals surface area contributed by atoms with Crippen LogP contribution in [0.3, 0.4) is 0 Å². The summed E-state index contributed by atoms with van der Waals surface area (Å²) in [6.45, 7) is 2.00. The quantitative estimate of drug-likeness (QED) is 0.847. The Morgan fingerprint density at radius 3 is 2.45 bits per heavy atom. The highest BCUT2D eigenvalue weighted by Crippen LogP contribution is 2.32. The van der Waals surface area contributed by atoms with E-state index in [0.717, 1.165) is 38.4 Å². The first-order valence-corrected chi connectivity index (χ1v) is 6.91. The molecule has 1 aliphatic rings. The molecule has 0 aliphatic carbocycles. The highest BCUT2D eigenvalue weighted by molar-refractivity contribution is 6.31. The van der Waals surface area contributed by atoms with Crippen LogP contribution in [0, 0.1) is 5.92 Å². The van der Waals surface area contributed by atoms with Crippen LogP contribution < -0.4 is 5.32 Å². The molecule has 0 radical (unpaired) electrons. The molecule has 6 heteroatoms. The fourth-order valence-corrected chi connectivity index (χ4v) is 2.68. The van der Waals surface area contributed by atoms with Gasteiger partial charge >= 0.3 is 6.18 Å². The topological polar surface area (TPSA) is 12.0 Å². The van der Waals surface area contributed by atoms with Crippen molar-refractivity contribution in [2.45, 2.75) is 31.9 Å². The molecule has 2 rings (SSSR count). The van der Waals surface area contributed by atoms with Gasteiger partial charge in [0.1, 0.15) is 0 Å². The van der Waals surface area contributed by atoms with Crippen LogP contribution in [-0.4, -0.2) is 13.1 Å². The molecule has 114 valence electrons. The SMILES string of the molecule is Cl.FC(F)(F)c1ccc(Cl)c(CCC2CCNCC2)c1. The van der Waals surface area contributed by atoms with E-state index >= 15 is 0 Å². The minimum absolute atomic E-state index is 0. The van der Waals surface area contributed by atoms with E-state index in [-0.39, 0.29) is 12.4 Å². The normalized spacial score (nSPS) is 16.8. The third kappa shape index (κ3) is 4.83. The van der Waals surface area contributed by atoms with Gasteiger partial charge in [0.05, 0.1) is 5.56 Å². The molecule has 20 heavy (non-hydrogen) atoms. The highest BCUT2D eigenvalue weighted by Gasteiger charge is 2.30. The minimum Gasteiger partial charge on any atom is -0.317 e. The summed E-state index contributed by atoms with van der Waals surface area (Å²) in [5.41, 5.74) is -0.00719. The molecule has 1 aliphatic heterocycles. The first-order valence-electron chi connectivity index (χ1n) is 6.53. The Labute approximate surface area is 128 Å². The maximum absolute atomic E-state index is 12.6. The molecular formula is C14H18Cl2F3N. The van der Waals surface area contributed by atoms with Gasteiger partial charge in [0, 0.05) is 5.02 Å². The summed E-state index contributed by atoms with van der Waals surface area (Å²) >= 11 is 5.98. The maximum atomic E-state index is 12.6. The summed E-state index contributed by atoms with van der Waals surface area (Å²) in [6.07, 6.45) is -0.586. The summed E-state index contributed by atoms with van der Waals surface area (Å²) in [5.74, 6) is 0.590. The number of hydrogen-bond acceptors (Lipinski definition) is 1. The molecule has 0 bridgehead atoms. The smallest absolute Gasteiger partial charge is 0.317 e. The molecule has 0 amide bonds. The molecule has 1 saturated heterocycles. The molecule has 0 aromatic heterocycles. The number of halogens is 5. The summed E-state index contributed by atoms with van der Waals surface area (Å²) in [7, 11) is 0. The third-order valence-electron chi connectivity index (χ3n) is 3.65. The van der Waals surface area contributed by atoms with Gasteiger partial charge in [-0.2, -0.15) is 13.2 Å². The van der Waals surface area contributed by atoms with Crippen LogP contribution in [0.4, 0.5) is 13.2 Å². The van der Waals surface area contributed by atoms with Gasteiger partial charge in [-0.05, 0) is 68.5 Å². The van der Waals surface area contributed by atoms with Crippen LogP contribution in [0.2, 0.25) is 5.02 Å². The molecule has 0 unspecified atom stereocenters. The highest BCUT2D eigenvalue weighted by atomic mass is 35.5. The van der Waals surface area contributed by atoms with Crippen molar-refractivity contribution in [3.05, 3.63) is 34.3 Å². The zero-order chi connectivity index (χ0) is 13.9. The van der Waals surface area contributed by atoms with E-state index in [9.17, 15) is 13.2 Å². The number of aryl methyl sites for hydroxylation is 1. The van der Waals surface area contributed by atoms with Crippen molar-refractivity contribution in [3.8, 4) is 0 Å². The molecule has 1 aromatic carbocycles. The van der Waals surface area contributed by atoms with Crippen LogP contribution in [-0.2, 0) is 12.6 Å². The monoisotopic (exact) mass is 327 g/mol. The lowest BCUT2D eigenvalue weighted by atomic mass is 9.91. The van der Waals surface area contributed by atoms with Crippen LogP contribution in [0.5, 0.6) is 0 Å². The second kappa shape index (κ2) is 7.53. The summed E-state index contributed by atoms with van der Waals surface area (Å²) in [5, 5.41) is 3.71. The van der Waals surface area contributed by atoms with Gasteiger partial charge < -0.3 is 5.32 Å². The van der Waals surface area contributed by atoms with Gasteiger partial charge in [-0.25, -0.2) is 0 Å². The lowest BCUT2D eigenvalue weighted by molar-refractivity contribution is -0.137. The van der Waals surface area contributed by atoms with E-state index in [2.05, 4.69) is 5.32 Å². The molecule has 1 N–H and O–H groups in total. The van der Waals surface area contributed by atoms with E-state index < -0.39 is 11.7 Å². The standard InChI is InChI=1S/C14H17ClF3N.ClH/c15-13-4-3-12(14(16,17)18)9-11(13)2-1-10-5-7-19-8-6-10;/h3-4,9-10,19H,1-2,5-8H2;1H. The molecule has 1 aromatic rings.